The number of nitro groups is 1. The zero-order valence-corrected chi connectivity index (χ0v) is 14.3. The molecule has 126 valence electrons. The van der Waals surface area contributed by atoms with Crippen LogP contribution in [0.4, 0.5) is 5.69 Å². The molecule has 0 aliphatic rings. The van der Waals surface area contributed by atoms with Crippen LogP contribution in [0.2, 0.25) is 0 Å². The molecule has 25 heavy (non-hydrogen) atoms. The van der Waals surface area contributed by atoms with E-state index >= 15 is 0 Å². The highest BCUT2D eigenvalue weighted by molar-refractivity contribution is 7.16. The normalized spacial score (nSPS) is 11.6. The zero-order valence-electron chi connectivity index (χ0n) is 13.5. The lowest BCUT2D eigenvalue weighted by Gasteiger charge is -2.01. The van der Waals surface area contributed by atoms with Gasteiger partial charge in [0.15, 0.2) is 4.80 Å². The third kappa shape index (κ3) is 3.41. The minimum absolute atomic E-state index is 0.0102. The summed E-state index contributed by atoms with van der Waals surface area (Å²) in [6, 6.07) is 11.8. The molecule has 1 amide bonds. The molecule has 0 aliphatic carbocycles. The van der Waals surface area contributed by atoms with Crippen LogP contribution >= 0.6 is 11.3 Å². The second kappa shape index (κ2) is 6.82. The Morgan fingerprint density at radius 2 is 2.16 bits per heavy atom. The monoisotopic (exact) mass is 353 g/mol. The second-order valence-corrected chi connectivity index (χ2v) is 6.49. The Hall–Kier alpha value is -3.06. The van der Waals surface area contributed by atoms with Crippen molar-refractivity contribution >= 4 is 33.1 Å². The molecule has 0 atom stereocenters. The number of carbonyl (C=O) groups is 1. The number of fused-ring (bicyclic) bond motifs is 1. The van der Waals surface area contributed by atoms with E-state index < -0.39 is 4.92 Å². The highest BCUT2D eigenvalue weighted by Gasteiger charge is 2.12. The predicted molar refractivity (Wildman–Crippen MR) is 97.7 cm³/mol. The Labute approximate surface area is 147 Å². The number of aromatic nitrogens is 1. The van der Waals surface area contributed by atoms with Crippen LogP contribution in [0.3, 0.4) is 0 Å². The molecule has 2 aromatic carbocycles. The van der Waals surface area contributed by atoms with Gasteiger partial charge in [0.2, 0.25) is 0 Å². The number of thiazole rings is 1. The lowest BCUT2D eigenvalue weighted by atomic mass is 10.1. The zero-order chi connectivity index (χ0) is 18.0. The summed E-state index contributed by atoms with van der Waals surface area (Å²) in [7, 11) is 0. The molecule has 0 unspecified atom stereocenters. The number of rotatable bonds is 4. The Morgan fingerprint density at radius 1 is 1.36 bits per heavy atom. The van der Waals surface area contributed by atoms with Crippen LogP contribution in [0.1, 0.15) is 15.9 Å². The molecule has 0 fully saturated rings. The van der Waals surface area contributed by atoms with Crippen molar-refractivity contribution in [2.75, 3.05) is 0 Å². The maximum atomic E-state index is 12.5. The van der Waals surface area contributed by atoms with E-state index in [2.05, 4.69) is 11.6 Å². The number of carbonyl (C=O) groups excluding carboxylic acids is 1. The van der Waals surface area contributed by atoms with E-state index in [-0.39, 0.29) is 11.6 Å². The van der Waals surface area contributed by atoms with Gasteiger partial charge in [-0.3, -0.25) is 14.9 Å². The number of nitro benzene ring substituents is 1. The molecular formula is C18H15N3O3S. The van der Waals surface area contributed by atoms with Crippen molar-refractivity contribution in [3.05, 3.63) is 81.2 Å². The standard InChI is InChI=1S/C18H15N3O3S/c1-3-9-20-15-8-7-14(21(23)24)11-16(15)25-18(20)19-17(22)13-6-4-5-12(2)10-13/h3-8,10-11H,1,9H2,2H3. The first kappa shape index (κ1) is 16.8. The van der Waals surface area contributed by atoms with Gasteiger partial charge in [-0.1, -0.05) is 35.1 Å². The number of benzene rings is 2. The van der Waals surface area contributed by atoms with Gasteiger partial charge >= 0.3 is 0 Å². The quantitative estimate of drug-likeness (QED) is 0.406. The van der Waals surface area contributed by atoms with Gasteiger partial charge in [0.05, 0.1) is 15.1 Å². The largest absolute Gasteiger partial charge is 0.312 e. The Bertz CT molecular complexity index is 1060. The molecular weight excluding hydrogens is 338 g/mol. The van der Waals surface area contributed by atoms with Crippen molar-refractivity contribution in [2.24, 2.45) is 4.99 Å². The van der Waals surface area contributed by atoms with E-state index in [1.807, 2.05) is 23.6 Å². The van der Waals surface area contributed by atoms with Gasteiger partial charge < -0.3 is 4.57 Å². The molecule has 3 aromatic rings. The van der Waals surface area contributed by atoms with E-state index in [1.54, 1.807) is 24.3 Å². The number of allylic oxidation sites excluding steroid dienone is 1. The molecule has 0 saturated heterocycles. The van der Waals surface area contributed by atoms with Crippen molar-refractivity contribution in [1.82, 2.24) is 4.57 Å². The lowest BCUT2D eigenvalue weighted by molar-refractivity contribution is -0.384. The number of hydrogen-bond donors (Lipinski definition) is 0. The summed E-state index contributed by atoms with van der Waals surface area (Å²) >= 11 is 1.25. The van der Waals surface area contributed by atoms with Crippen LogP contribution in [-0.4, -0.2) is 15.4 Å². The number of hydrogen-bond acceptors (Lipinski definition) is 4. The van der Waals surface area contributed by atoms with Crippen molar-refractivity contribution in [2.45, 2.75) is 13.5 Å². The van der Waals surface area contributed by atoms with Gasteiger partial charge in [-0.15, -0.1) is 6.58 Å². The predicted octanol–water partition coefficient (Wildman–Crippen LogP) is 3.85. The highest BCUT2D eigenvalue weighted by Crippen LogP contribution is 2.23. The molecule has 0 spiro atoms. The minimum Gasteiger partial charge on any atom is -0.312 e. The molecule has 1 heterocycles. The topological polar surface area (TPSA) is 77.5 Å². The first-order valence-corrected chi connectivity index (χ1v) is 8.35. The van der Waals surface area contributed by atoms with Crippen molar-refractivity contribution in [3.63, 3.8) is 0 Å². The van der Waals surface area contributed by atoms with Gasteiger partial charge in [-0.25, -0.2) is 0 Å². The van der Waals surface area contributed by atoms with Crippen LogP contribution in [0, 0.1) is 17.0 Å². The molecule has 0 radical (unpaired) electrons. The number of nitrogens with zero attached hydrogens (tertiary/aromatic N) is 3. The minimum atomic E-state index is -0.439. The molecule has 0 bridgehead atoms. The molecule has 0 N–H and O–H groups in total. The molecule has 6 nitrogen and oxygen atoms in total. The fourth-order valence-corrected chi connectivity index (χ4v) is 3.57. The SMILES string of the molecule is C=CCn1c(=NC(=O)c2cccc(C)c2)sc2cc([N+](=O)[O-])ccc21. The van der Waals surface area contributed by atoms with Crippen molar-refractivity contribution < 1.29 is 9.72 Å². The van der Waals surface area contributed by atoms with Crippen molar-refractivity contribution in [3.8, 4) is 0 Å². The highest BCUT2D eigenvalue weighted by atomic mass is 32.1. The summed E-state index contributed by atoms with van der Waals surface area (Å²) in [5, 5.41) is 11.0. The summed E-state index contributed by atoms with van der Waals surface area (Å²) in [5.74, 6) is -0.345. The fourth-order valence-electron chi connectivity index (χ4n) is 2.50. The van der Waals surface area contributed by atoms with Crippen LogP contribution in [0.5, 0.6) is 0 Å². The van der Waals surface area contributed by atoms with E-state index in [1.165, 1.54) is 23.5 Å². The Morgan fingerprint density at radius 3 is 2.84 bits per heavy atom. The van der Waals surface area contributed by atoms with Gasteiger partial charge in [0.25, 0.3) is 11.6 Å². The smallest absolute Gasteiger partial charge is 0.279 e. The number of non-ortho nitro benzene ring substituents is 1. The van der Waals surface area contributed by atoms with Gasteiger partial charge in [0, 0.05) is 24.2 Å². The summed E-state index contributed by atoms with van der Waals surface area (Å²) in [5.41, 5.74) is 2.28. The molecule has 0 saturated carbocycles. The van der Waals surface area contributed by atoms with Crippen LogP contribution in [0.15, 0.2) is 60.1 Å². The van der Waals surface area contributed by atoms with Gasteiger partial charge in [-0.05, 0) is 25.1 Å². The first-order chi connectivity index (χ1) is 12.0. The van der Waals surface area contributed by atoms with E-state index in [0.29, 0.717) is 21.6 Å². The Balaban J connectivity index is 2.16. The summed E-state index contributed by atoms with van der Waals surface area (Å²) in [4.78, 5) is 27.7. The third-order valence-corrected chi connectivity index (χ3v) is 4.69. The fraction of sp³-hybridized carbons (Fsp3) is 0.111. The van der Waals surface area contributed by atoms with Crippen LogP contribution in [0.25, 0.3) is 10.2 Å². The van der Waals surface area contributed by atoms with E-state index in [4.69, 9.17) is 0 Å². The lowest BCUT2D eigenvalue weighted by Crippen LogP contribution is -2.16. The summed E-state index contributed by atoms with van der Waals surface area (Å²) < 4.78 is 2.52. The number of amides is 1. The van der Waals surface area contributed by atoms with Gasteiger partial charge in [0.1, 0.15) is 0 Å². The second-order valence-electron chi connectivity index (χ2n) is 5.48. The molecule has 7 heteroatoms. The molecule has 1 aromatic heterocycles. The molecule has 3 rings (SSSR count). The van der Waals surface area contributed by atoms with Gasteiger partial charge in [-0.2, -0.15) is 4.99 Å². The van der Waals surface area contributed by atoms with Crippen LogP contribution in [-0.2, 0) is 6.54 Å². The van der Waals surface area contributed by atoms with E-state index in [9.17, 15) is 14.9 Å². The Kier molecular flexibility index (Phi) is 4.58. The first-order valence-electron chi connectivity index (χ1n) is 7.54. The average molecular weight is 353 g/mol. The van der Waals surface area contributed by atoms with Crippen molar-refractivity contribution in [1.29, 1.82) is 0 Å². The average Bonchev–Trinajstić information content (AvgIpc) is 2.92. The molecule has 0 aliphatic heterocycles. The summed E-state index contributed by atoms with van der Waals surface area (Å²) in [6.45, 7) is 6.09. The number of aryl methyl sites for hydroxylation is 1. The van der Waals surface area contributed by atoms with E-state index in [0.717, 1.165) is 11.1 Å². The van der Waals surface area contributed by atoms with Crippen LogP contribution < -0.4 is 4.80 Å². The maximum absolute atomic E-state index is 12.5. The maximum Gasteiger partial charge on any atom is 0.279 e. The third-order valence-electron chi connectivity index (χ3n) is 3.65. The summed E-state index contributed by atoms with van der Waals surface area (Å²) in [6.07, 6.45) is 1.70.